The van der Waals surface area contributed by atoms with Crippen molar-refractivity contribution in [3.8, 4) is 0 Å². The van der Waals surface area contributed by atoms with Crippen LogP contribution in [0.25, 0.3) is 0 Å². The van der Waals surface area contributed by atoms with Gasteiger partial charge >= 0.3 is 0 Å². The molecule has 0 bridgehead atoms. The standard InChI is InChI=1S/C11HBr23O/c12-1(13,2(14,15)4(18,19)6(22,23)8(26,27)10(30,31)32)3(16,17)5(20,21)7(24,25)9(28,29)11(33,34)35/h35H. The van der Waals surface area contributed by atoms with Crippen LogP contribution in [-0.2, 0) is 0 Å². The third kappa shape index (κ3) is 8.16. The summed E-state index contributed by atoms with van der Waals surface area (Å²) >= 11 is 85.2. The second kappa shape index (κ2) is 14.7. The van der Waals surface area contributed by atoms with Crippen molar-refractivity contribution in [3.05, 3.63) is 0 Å². The van der Waals surface area contributed by atoms with E-state index in [2.05, 4.69) is 366 Å². The van der Waals surface area contributed by atoms with E-state index in [0.29, 0.717) is 0 Å². The van der Waals surface area contributed by atoms with Gasteiger partial charge in [0.1, 0.15) is 25.9 Å². The molecule has 212 valence electrons. The van der Waals surface area contributed by atoms with Crippen LogP contribution >= 0.6 is 366 Å². The van der Waals surface area contributed by atoms with Gasteiger partial charge in [-0.3, -0.25) is 0 Å². The van der Waals surface area contributed by atoms with Gasteiger partial charge in [0, 0.05) is 0 Å². The Kier molecular flexibility index (Phi) is 19.3. The van der Waals surface area contributed by atoms with E-state index in [9.17, 15) is 5.11 Å². The highest BCUT2D eigenvalue weighted by atomic mass is 80.0. The van der Waals surface area contributed by atoms with Crippen LogP contribution in [0.3, 0.4) is 0 Å². The van der Waals surface area contributed by atoms with Crippen molar-refractivity contribution < 1.29 is 5.11 Å². The zero-order valence-electron chi connectivity index (χ0n) is 14.6. The molecule has 0 radical (unpaired) electrons. The normalized spacial score (nSPS) is 17.1. The quantitative estimate of drug-likeness (QED) is 0.228. The molecule has 0 atom stereocenters. The van der Waals surface area contributed by atoms with E-state index in [1.807, 2.05) is 0 Å². The van der Waals surface area contributed by atoms with Crippen LogP contribution < -0.4 is 0 Å². The van der Waals surface area contributed by atoms with Crippen LogP contribution in [0.15, 0.2) is 0 Å². The predicted octanol–water partition coefficient (Wildman–Crippen LogP) is 16.6. The number of rotatable bonds is 9. The number of aliphatic hydroxyl groups is 1. The second-order valence-corrected chi connectivity index (χ2v) is 47.3. The molecule has 0 unspecified atom stereocenters. The molecule has 0 aromatic rings. The van der Waals surface area contributed by atoms with Crippen molar-refractivity contribution in [2.45, 2.75) is 34.7 Å². The summed E-state index contributed by atoms with van der Waals surface area (Å²) in [5.41, 5.74) is 0. The lowest BCUT2D eigenvalue weighted by Gasteiger charge is -2.60. The van der Waals surface area contributed by atoms with Crippen molar-refractivity contribution in [2.24, 2.45) is 0 Å². The molecule has 0 heterocycles. The first-order valence-electron chi connectivity index (χ1n) is 7.07. The molecule has 0 aromatic heterocycles. The average Bonchev–Trinajstić information content (AvgIpc) is 2.58. The van der Waals surface area contributed by atoms with Gasteiger partial charge in [-0.05, 0) is 31.9 Å². The lowest BCUT2D eigenvalue weighted by Crippen LogP contribution is -2.71. The van der Waals surface area contributed by atoms with Crippen molar-refractivity contribution in [2.75, 3.05) is 0 Å². The molecule has 0 saturated heterocycles. The van der Waals surface area contributed by atoms with E-state index in [0.717, 1.165) is 0 Å². The Morgan fingerprint density at radius 1 is 0.229 bits per heavy atom. The topological polar surface area (TPSA) is 20.2 Å². The van der Waals surface area contributed by atoms with E-state index in [4.69, 9.17) is 0 Å². The summed E-state index contributed by atoms with van der Waals surface area (Å²) in [5, 5.41) is 10.8. The highest BCUT2D eigenvalue weighted by Crippen LogP contribution is 2.80. The molecule has 0 saturated carbocycles. The van der Waals surface area contributed by atoms with E-state index >= 15 is 0 Å². The molecule has 1 nitrogen and oxygen atoms in total. The molecular weight excluding hydrogens is 1990 g/mol. The van der Waals surface area contributed by atoms with Crippen molar-refractivity contribution >= 4 is 366 Å². The van der Waals surface area contributed by atoms with Gasteiger partial charge in [0.2, 0.25) is 3.42 Å². The van der Waals surface area contributed by atoms with Crippen LogP contribution in [-0.4, -0.2) is 39.8 Å². The van der Waals surface area contributed by atoms with Crippen molar-refractivity contribution in [1.29, 1.82) is 0 Å². The first-order valence-corrected chi connectivity index (χ1v) is 25.3. The van der Waals surface area contributed by atoms with E-state index < -0.39 is 34.7 Å². The maximum absolute atomic E-state index is 10.8. The minimum Gasteiger partial charge on any atom is -0.368 e. The summed E-state index contributed by atoms with van der Waals surface area (Å²) in [4.78, 5) is 0. The lowest BCUT2D eigenvalue weighted by atomic mass is 10.0. The fourth-order valence-corrected chi connectivity index (χ4v) is 22.8. The third-order valence-electron chi connectivity index (χ3n) is 3.89. The minimum atomic E-state index is -1.64. The van der Waals surface area contributed by atoms with Crippen molar-refractivity contribution in [1.82, 2.24) is 0 Å². The van der Waals surface area contributed by atoms with Gasteiger partial charge in [-0.25, -0.2) is 0 Å². The Morgan fingerprint density at radius 2 is 0.371 bits per heavy atom. The van der Waals surface area contributed by atoms with Gasteiger partial charge in [0.25, 0.3) is 0 Å². The average molecular weight is 1990 g/mol. The summed E-state index contributed by atoms with van der Waals surface area (Å²) in [5.74, 6) is 0. The molecule has 0 spiro atoms. The molecule has 0 rings (SSSR count). The molecule has 35 heavy (non-hydrogen) atoms. The number of hydrogen-bond donors (Lipinski definition) is 1. The van der Waals surface area contributed by atoms with E-state index in [1.54, 1.807) is 0 Å². The molecule has 0 aliphatic rings. The van der Waals surface area contributed by atoms with Gasteiger partial charge in [-0.15, -0.1) is 0 Å². The van der Waals surface area contributed by atoms with Gasteiger partial charge < -0.3 is 5.11 Å². The Balaban J connectivity index is 7.15. The molecule has 1 N–H and O–H groups in total. The fourth-order valence-electron chi connectivity index (χ4n) is 1.75. The minimum absolute atomic E-state index is 0.853. The Morgan fingerprint density at radius 3 is 0.514 bits per heavy atom. The van der Waals surface area contributed by atoms with E-state index in [1.165, 1.54) is 0 Å². The van der Waals surface area contributed by atoms with Gasteiger partial charge in [-0.2, -0.15) is 0 Å². The monoisotopic (exact) mass is 1960 g/mol. The van der Waals surface area contributed by atoms with Crippen LogP contribution in [0, 0.1) is 0 Å². The molecule has 0 aliphatic carbocycles. The highest BCUT2D eigenvalue weighted by Gasteiger charge is 2.80. The zero-order chi connectivity index (χ0) is 29.5. The molecule has 0 amide bonds. The summed E-state index contributed by atoms with van der Waals surface area (Å²) in [6.07, 6.45) is 0. The van der Waals surface area contributed by atoms with Crippen molar-refractivity contribution in [3.63, 3.8) is 0 Å². The molecular formula is C11HBr23O. The summed E-state index contributed by atoms with van der Waals surface area (Å²) < 4.78 is -13.0. The van der Waals surface area contributed by atoms with Crippen LogP contribution in [0.2, 0.25) is 0 Å². The summed E-state index contributed by atoms with van der Waals surface area (Å²) in [7, 11) is 0. The smallest absolute Gasteiger partial charge is 0.202 e. The third-order valence-corrected chi connectivity index (χ3v) is 50.6. The Bertz CT molecular complexity index is 716. The Hall–Kier alpha value is 11.0. The van der Waals surface area contributed by atoms with Crippen LogP contribution in [0.5, 0.6) is 0 Å². The maximum atomic E-state index is 10.8. The summed E-state index contributed by atoms with van der Waals surface area (Å²) in [6, 6.07) is 0. The largest absolute Gasteiger partial charge is 0.368 e. The molecule has 0 aromatic carbocycles. The fraction of sp³-hybridized carbons (Fsp3) is 1.00. The number of alkyl halides is 23. The predicted molar refractivity (Wildman–Crippen MR) is 238 cm³/mol. The SMILES string of the molecule is OC(Br)(Br)C(Br)(Br)C(Br)(Br)C(Br)(Br)C(Br)(Br)C(Br)(Br)C(Br)(Br)C(Br)(Br)C(Br)(Br)C(Br)(Br)C(Br)(Br)Br. The number of hydrogen-bond acceptors (Lipinski definition) is 1. The molecule has 0 fully saturated rings. The maximum Gasteiger partial charge on any atom is 0.202 e. The van der Waals surface area contributed by atoms with Gasteiger partial charge in [0.05, 0.1) is 0 Å². The second-order valence-electron chi connectivity index (χ2n) is 6.21. The molecule has 24 heteroatoms. The lowest BCUT2D eigenvalue weighted by molar-refractivity contribution is 0.228. The van der Waals surface area contributed by atoms with Crippen LogP contribution in [0.4, 0.5) is 0 Å². The van der Waals surface area contributed by atoms with Crippen LogP contribution in [0.1, 0.15) is 0 Å². The zero-order valence-corrected chi connectivity index (χ0v) is 51.1. The van der Waals surface area contributed by atoms with E-state index in [-0.39, 0.29) is 0 Å². The Labute approximate surface area is 396 Å². The first kappa shape index (κ1) is 46.0. The molecule has 0 aliphatic heterocycles. The summed E-state index contributed by atoms with van der Waals surface area (Å²) in [6.45, 7) is 0. The van der Waals surface area contributed by atoms with Gasteiger partial charge in [0.15, 0.2) is 5.38 Å². The first-order chi connectivity index (χ1) is 14.5. The van der Waals surface area contributed by atoms with Gasteiger partial charge in [-0.1, -0.05) is 335 Å². The highest BCUT2D eigenvalue weighted by molar-refractivity contribution is 9.42. The number of halogens is 23.